The van der Waals surface area contributed by atoms with Gasteiger partial charge in [0.1, 0.15) is 0 Å². The highest BCUT2D eigenvalue weighted by Crippen LogP contribution is 2.29. The van der Waals surface area contributed by atoms with E-state index in [4.69, 9.17) is 0 Å². The second-order valence-corrected chi connectivity index (χ2v) is 4.37. The Labute approximate surface area is 85.3 Å². The highest BCUT2D eigenvalue weighted by Gasteiger charge is 2.19. The van der Waals surface area contributed by atoms with Crippen molar-refractivity contribution in [1.82, 2.24) is 9.78 Å². The number of nitrogens with zero attached hydrogens (tertiary/aromatic N) is 2. The molecule has 0 amide bonds. The Morgan fingerprint density at radius 3 is 2.62 bits per heavy atom. The van der Waals surface area contributed by atoms with Gasteiger partial charge in [0.2, 0.25) is 5.95 Å². The number of halogens is 2. The summed E-state index contributed by atoms with van der Waals surface area (Å²) in [6, 6.07) is 0.278. The van der Waals surface area contributed by atoms with Crippen LogP contribution in [0.15, 0.2) is 10.7 Å². The van der Waals surface area contributed by atoms with Crippen molar-refractivity contribution in [1.29, 1.82) is 0 Å². The largest absolute Gasteiger partial charge is 0.236 e. The lowest BCUT2D eigenvalue weighted by Crippen LogP contribution is -2.15. The van der Waals surface area contributed by atoms with E-state index in [2.05, 4.69) is 21.0 Å². The minimum atomic E-state index is -0.230. The first-order chi connectivity index (χ1) is 6.29. The Balaban J connectivity index is 2.18. The molecule has 13 heavy (non-hydrogen) atoms. The zero-order chi connectivity index (χ0) is 9.26. The maximum absolute atomic E-state index is 13.4. The van der Waals surface area contributed by atoms with Gasteiger partial charge in [0.25, 0.3) is 0 Å². The van der Waals surface area contributed by atoms with Crippen LogP contribution in [0.25, 0.3) is 0 Å². The van der Waals surface area contributed by atoms with Gasteiger partial charge in [-0.15, -0.1) is 0 Å². The Hall–Kier alpha value is -0.380. The molecular formula is C9H12BrFN2. The third-order valence-electron chi connectivity index (χ3n) is 2.61. The third kappa shape index (κ3) is 1.77. The zero-order valence-electron chi connectivity index (χ0n) is 7.34. The van der Waals surface area contributed by atoms with Crippen molar-refractivity contribution in [3.8, 4) is 0 Å². The molecule has 0 aliphatic heterocycles. The van der Waals surface area contributed by atoms with E-state index >= 15 is 0 Å². The molecule has 0 radical (unpaired) electrons. The third-order valence-corrected chi connectivity index (χ3v) is 3.15. The number of hydrogen-bond acceptors (Lipinski definition) is 1. The Morgan fingerprint density at radius 2 is 2.08 bits per heavy atom. The highest BCUT2D eigenvalue weighted by molar-refractivity contribution is 9.10. The van der Waals surface area contributed by atoms with Gasteiger partial charge in [-0.3, -0.25) is 0 Å². The summed E-state index contributed by atoms with van der Waals surface area (Å²) >= 11 is 3.12. The average molecular weight is 247 g/mol. The topological polar surface area (TPSA) is 17.8 Å². The molecule has 0 atom stereocenters. The fourth-order valence-electron chi connectivity index (χ4n) is 1.91. The summed E-state index contributed by atoms with van der Waals surface area (Å²) in [7, 11) is 0. The quantitative estimate of drug-likeness (QED) is 0.744. The van der Waals surface area contributed by atoms with Gasteiger partial charge in [0.15, 0.2) is 0 Å². The highest BCUT2D eigenvalue weighted by atomic mass is 79.9. The molecule has 72 valence electrons. The summed E-state index contributed by atoms with van der Waals surface area (Å²) < 4.78 is 15.4. The molecule has 0 aromatic carbocycles. The summed E-state index contributed by atoms with van der Waals surface area (Å²) in [5.74, 6) is -0.230. The van der Waals surface area contributed by atoms with Crippen LogP contribution in [0.1, 0.15) is 38.1 Å². The van der Waals surface area contributed by atoms with Gasteiger partial charge in [-0.25, -0.2) is 4.68 Å². The van der Waals surface area contributed by atoms with E-state index in [9.17, 15) is 4.39 Å². The van der Waals surface area contributed by atoms with Gasteiger partial charge >= 0.3 is 0 Å². The minimum absolute atomic E-state index is 0.230. The van der Waals surface area contributed by atoms with Crippen LogP contribution in [-0.2, 0) is 0 Å². The lowest BCUT2D eigenvalue weighted by molar-refractivity contribution is 0.292. The molecule has 1 aromatic rings. The lowest BCUT2D eigenvalue weighted by Gasteiger charge is -2.21. The van der Waals surface area contributed by atoms with Crippen LogP contribution < -0.4 is 0 Å². The zero-order valence-corrected chi connectivity index (χ0v) is 8.93. The molecule has 2 nitrogen and oxygen atoms in total. The minimum Gasteiger partial charge on any atom is -0.236 e. The standard InChI is InChI=1S/C9H12BrFN2/c10-8-6-12-13(9(8)11)7-4-2-1-3-5-7/h6-7H,1-5H2. The van der Waals surface area contributed by atoms with E-state index in [1.807, 2.05) is 0 Å². The molecule has 1 aromatic heterocycles. The van der Waals surface area contributed by atoms with Crippen molar-refractivity contribution >= 4 is 15.9 Å². The Bertz CT molecular complexity index is 292. The van der Waals surface area contributed by atoms with Crippen LogP contribution in [0.3, 0.4) is 0 Å². The van der Waals surface area contributed by atoms with Gasteiger partial charge in [-0.1, -0.05) is 19.3 Å². The van der Waals surface area contributed by atoms with E-state index in [-0.39, 0.29) is 12.0 Å². The van der Waals surface area contributed by atoms with Crippen molar-refractivity contribution in [2.24, 2.45) is 0 Å². The SMILES string of the molecule is Fc1c(Br)cnn1C1CCCCC1. The molecule has 0 N–H and O–H groups in total. The maximum Gasteiger partial charge on any atom is 0.226 e. The summed E-state index contributed by atoms with van der Waals surface area (Å²) in [6.07, 6.45) is 7.32. The van der Waals surface area contributed by atoms with Crippen molar-refractivity contribution in [2.75, 3.05) is 0 Å². The van der Waals surface area contributed by atoms with E-state index in [1.54, 1.807) is 0 Å². The predicted octanol–water partition coefficient (Wildman–Crippen LogP) is 3.29. The molecule has 4 heteroatoms. The van der Waals surface area contributed by atoms with Crippen LogP contribution in [-0.4, -0.2) is 9.78 Å². The van der Waals surface area contributed by atoms with Crippen LogP contribution in [0, 0.1) is 5.95 Å². The lowest BCUT2D eigenvalue weighted by atomic mass is 9.96. The van der Waals surface area contributed by atoms with E-state index in [1.165, 1.54) is 30.1 Å². The second kappa shape index (κ2) is 3.78. The van der Waals surface area contributed by atoms with Gasteiger partial charge in [-0.05, 0) is 28.8 Å². The number of hydrogen-bond donors (Lipinski definition) is 0. The fraction of sp³-hybridized carbons (Fsp3) is 0.667. The van der Waals surface area contributed by atoms with Gasteiger partial charge in [0, 0.05) is 0 Å². The van der Waals surface area contributed by atoms with E-state index in [0.717, 1.165) is 12.8 Å². The monoisotopic (exact) mass is 246 g/mol. The molecular weight excluding hydrogens is 235 g/mol. The molecule has 2 rings (SSSR count). The predicted molar refractivity (Wildman–Crippen MR) is 52.0 cm³/mol. The van der Waals surface area contributed by atoms with Crippen LogP contribution in [0.2, 0.25) is 0 Å². The molecule has 0 unspecified atom stereocenters. The summed E-state index contributed by atoms with van der Waals surface area (Å²) in [6.45, 7) is 0. The fourth-order valence-corrected chi connectivity index (χ4v) is 2.18. The first kappa shape index (κ1) is 9.19. The van der Waals surface area contributed by atoms with Gasteiger partial charge in [-0.2, -0.15) is 9.49 Å². The van der Waals surface area contributed by atoms with E-state index < -0.39 is 0 Å². The smallest absolute Gasteiger partial charge is 0.226 e. The molecule has 1 fully saturated rings. The van der Waals surface area contributed by atoms with Crippen LogP contribution in [0.4, 0.5) is 4.39 Å². The normalized spacial score (nSPS) is 19.2. The molecule has 0 bridgehead atoms. The average Bonchev–Trinajstić information content (AvgIpc) is 2.49. The van der Waals surface area contributed by atoms with Crippen molar-refractivity contribution in [3.05, 3.63) is 16.6 Å². The van der Waals surface area contributed by atoms with Gasteiger partial charge < -0.3 is 0 Å². The van der Waals surface area contributed by atoms with Crippen molar-refractivity contribution < 1.29 is 4.39 Å². The Kier molecular flexibility index (Phi) is 2.67. The molecule has 0 spiro atoms. The van der Waals surface area contributed by atoms with Crippen LogP contribution >= 0.6 is 15.9 Å². The first-order valence-corrected chi connectivity index (χ1v) is 5.47. The Morgan fingerprint density at radius 1 is 1.38 bits per heavy atom. The molecule has 1 aliphatic carbocycles. The van der Waals surface area contributed by atoms with Crippen molar-refractivity contribution in [3.63, 3.8) is 0 Å². The molecule has 1 aliphatic rings. The van der Waals surface area contributed by atoms with Crippen LogP contribution in [0.5, 0.6) is 0 Å². The maximum atomic E-state index is 13.4. The van der Waals surface area contributed by atoms with Crippen molar-refractivity contribution in [2.45, 2.75) is 38.1 Å². The number of rotatable bonds is 1. The first-order valence-electron chi connectivity index (χ1n) is 4.67. The summed E-state index contributed by atoms with van der Waals surface area (Å²) in [5, 5.41) is 4.03. The summed E-state index contributed by atoms with van der Waals surface area (Å²) in [5.41, 5.74) is 0. The second-order valence-electron chi connectivity index (χ2n) is 3.52. The molecule has 1 heterocycles. The van der Waals surface area contributed by atoms with Gasteiger partial charge in [0.05, 0.1) is 16.7 Å². The van der Waals surface area contributed by atoms with E-state index in [0.29, 0.717) is 4.47 Å². The molecule has 1 saturated carbocycles. The summed E-state index contributed by atoms with van der Waals surface area (Å²) in [4.78, 5) is 0. The molecule has 0 saturated heterocycles. The number of aromatic nitrogens is 2.